The minimum absolute atomic E-state index is 0.137. The molecule has 6 nitrogen and oxygen atoms in total. The Bertz CT molecular complexity index is 962. The van der Waals surface area contributed by atoms with Crippen molar-refractivity contribution in [3.63, 3.8) is 0 Å². The second-order valence-corrected chi connectivity index (χ2v) is 6.75. The zero-order valence-corrected chi connectivity index (χ0v) is 12.6. The van der Waals surface area contributed by atoms with E-state index in [2.05, 4.69) is 9.79 Å². The van der Waals surface area contributed by atoms with Gasteiger partial charge in [-0.05, 0) is 46.9 Å². The highest BCUT2D eigenvalue weighted by atomic mass is 35.5. The van der Waals surface area contributed by atoms with E-state index in [1.54, 1.807) is 12.1 Å². The second-order valence-electron chi connectivity index (χ2n) is 4.48. The monoisotopic (exact) mass is 336 g/mol. The van der Waals surface area contributed by atoms with Gasteiger partial charge in [-0.1, -0.05) is 17.7 Å². The number of benzene rings is 2. The lowest BCUT2D eigenvalue weighted by molar-refractivity contribution is -0.782. The van der Waals surface area contributed by atoms with Gasteiger partial charge in [-0.15, -0.1) is 0 Å². The van der Waals surface area contributed by atoms with Gasteiger partial charge in [-0.25, -0.2) is 8.42 Å². The quantitative estimate of drug-likeness (QED) is 0.686. The highest BCUT2D eigenvalue weighted by Crippen LogP contribution is 2.18. The third kappa shape index (κ3) is 2.81. The van der Waals surface area contributed by atoms with Crippen LogP contribution in [0.2, 0.25) is 5.02 Å². The number of fused-ring (bicyclic) bond motifs is 1. The molecule has 0 bridgehead atoms. The molecule has 3 rings (SSSR count). The first-order valence-electron chi connectivity index (χ1n) is 6.14. The van der Waals surface area contributed by atoms with Crippen LogP contribution in [0.15, 0.2) is 57.4 Å². The molecule has 0 unspecified atom stereocenters. The molecule has 1 heterocycles. The molecule has 2 aromatic carbocycles. The summed E-state index contributed by atoms with van der Waals surface area (Å²) in [6.45, 7) is 0. The molecule has 0 aliphatic rings. The molecule has 0 aliphatic heterocycles. The zero-order valence-electron chi connectivity index (χ0n) is 11.0. The maximum atomic E-state index is 12.2. The minimum Gasteiger partial charge on any atom is -0.359 e. The normalized spacial score (nSPS) is 12.2. The summed E-state index contributed by atoms with van der Waals surface area (Å²) in [5.74, 6) is 0. The maximum Gasteiger partial charge on any atom is 0.248 e. The van der Waals surface area contributed by atoms with Crippen LogP contribution in [0.3, 0.4) is 0 Å². The Morgan fingerprint density at radius 3 is 2.64 bits per heavy atom. The van der Waals surface area contributed by atoms with Crippen molar-refractivity contribution in [3.05, 3.63) is 63.7 Å². The molecule has 0 atom stereocenters. The van der Waals surface area contributed by atoms with E-state index in [0.717, 1.165) is 5.41 Å². The Morgan fingerprint density at radius 1 is 1.18 bits per heavy atom. The van der Waals surface area contributed by atoms with Crippen LogP contribution in [0.5, 0.6) is 0 Å². The van der Waals surface area contributed by atoms with Gasteiger partial charge in [0.15, 0.2) is 9.84 Å². The SMILES string of the molecule is O=S(=O)(/C=C/c1ccc2no[n+]([O-])c2c1)c1ccc(Cl)cc1. The fraction of sp³-hybridized carbons (Fsp3) is 0. The summed E-state index contributed by atoms with van der Waals surface area (Å²) in [5.41, 5.74) is 1.16. The molecule has 22 heavy (non-hydrogen) atoms. The predicted octanol–water partition coefficient (Wildman–Crippen LogP) is 2.56. The number of aromatic nitrogens is 2. The van der Waals surface area contributed by atoms with Gasteiger partial charge < -0.3 is 5.21 Å². The van der Waals surface area contributed by atoms with Crippen molar-refractivity contribution in [2.24, 2.45) is 0 Å². The summed E-state index contributed by atoms with van der Waals surface area (Å²) < 4.78 is 28.8. The largest absolute Gasteiger partial charge is 0.359 e. The van der Waals surface area contributed by atoms with Crippen molar-refractivity contribution >= 4 is 38.5 Å². The van der Waals surface area contributed by atoms with Gasteiger partial charge in [-0.2, -0.15) is 0 Å². The standard InChI is InChI=1S/C14H9ClN2O4S/c15-11-2-4-12(5-3-11)22(19,20)8-7-10-1-6-13-14(9-10)17(18)21-16-13/h1-9H/b8-7+. The third-order valence-electron chi connectivity index (χ3n) is 2.99. The molecule has 0 spiro atoms. The van der Waals surface area contributed by atoms with Crippen LogP contribution in [-0.2, 0) is 9.84 Å². The van der Waals surface area contributed by atoms with Crippen LogP contribution in [0.1, 0.15) is 5.56 Å². The molecule has 8 heteroatoms. The molecule has 0 amide bonds. The Balaban J connectivity index is 1.94. The first kappa shape index (κ1) is 14.6. The average molecular weight is 337 g/mol. The average Bonchev–Trinajstić information content (AvgIpc) is 2.87. The van der Waals surface area contributed by atoms with E-state index < -0.39 is 9.84 Å². The van der Waals surface area contributed by atoms with E-state index in [9.17, 15) is 13.6 Å². The molecule has 0 saturated heterocycles. The van der Waals surface area contributed by atoms with Crippen molar-refractivity contribution < 1.29 is 17.9 Å². The molecule has 0 fully saturated rings. The van der Waals surface area contributed by atoms with Crippen LogP contribution >= 0.6 is 11.6 Å². The summed E-state index contributed by atoms with van der Waals surface area (Å²) in [5, 5.41) is 16.4. The van der Waals surface area contributed by atoms with Gasteiger partial charge in [0.2, 0.25) is 11.0 Å². The Morgan fingerprint density at radius 2 is 1.91 bits per heavy atom. The fourth-order valence-corrected chi connectivity index (χ4v) is 3.00. The molecular formula is C14H9ClN2O4S. The summed E-state index contributed by atoms with van der Waals surface area (Å²) in [6.07, 6.45) is 1.40. The van der Waals surface area contributed by atoms with Gasteiger partial charge in [0.1, 0.15) is 0 Å². The van der Waals surface area contributed by atoms with Gasteiger partial charge in [0, 0.05) is 21.7 Å². The highest BCUT2D eigenvalue weighted by molar-refractivity contribution is 7.94. The van der Waals surface area contributed by atoms with Crippen LogP contribution in [-0.4, -0.2) is 13.6 Å². The molecular weight excluding hydrogens is 328 g/mol. The molecule has 0 aliphatic carbocycles. The third-order valence-corrected chi connectivity index (χ3v) is 4.67. The van der Waals surface area contributed by atoms with Crippen LogP contribution < -0.4 is 4.90 Å². The van der Waals surface area contributed by atoms with Crippen LogP contribution in [0, 0.1) is 5.21 Å². The molecule has 0 N–H and O–H groups in total. The van der Waals surface area contributed by atoms with E-state index in [-0.39, 0.29) is 15.3 Å². The van der Waals surface area contributed by atoms with Crippen LogP contribution in [0.25, 0.3) is 17.1 Å². The van der Waals surface area contributed by atoms with E-state index >= 15 is 0 Å². The minimum atomic E-state index is -3.59. The van der Waals surface area contributed by atoms with Crippen molar-refractivity contribution in [1.82, 2.24) is 5.16 Å². The Labute approximate surface area is 130 Å². The van der Waals surface area contributed by atoms with Gasteiger partial charge in [0.25, 0.3) is 0 Å². The van der Waals surface area contributed by atoms with E-state index in [1.807, 2.05) is 0 Å². The van der Waals surface area contributed by atoms with Crippen molar-refractivity contribution in [2.45, 2.75) is 4.90 Å². The van der Waals surface area contributed by atoms with Gasteiger partial charge >= 0.3 is 0 Å². The molecule has 0 radical (unpaired) electrons. The lowest BCUT2D eigenvalue weighted by atomic mass is 10.2. The van der Waals surface area contributed by atoms with Gasteiger partial charge in [-0.3, -0.25) is 4.63 Å². The molecule has 1 aromatic heterocycles. The summed E-state index contributed by atoms with van der Waals surface area (Å²) in [6, 6.07) is 10.6. The summed E-state index contributed by atoms with van der Waals surface area (Å²) in [4.78, 5) is 0.401. The van der Waals surface area contributed by atoms with Crippen molar-refractivity contribution in [1.29, 1.82) is 0 Å². The molecule has 0 saturated carbocycles. The zero-order chi connectivity index (χ0) is 15.7. The number of sulfone groups is 1. The number of halogens is 1. The maximum absolute atomic E-state index is 12.2. The van der Waals surface area contributed by atoms with E-state index in [0.29, 0.717) is 16.1 Å². The number of nitrogens with zero attached hydrogens (tertiary/aromatic N) is 2. The summed E-state index contributed by atoms with van der Waals surface area (Å²) in [7, 11) is -3.59. The second kappa shape index (κ2) is 5.43. The van der Waals surface area contributed by atoms with Gasteiger partial charge in [0.05, 0.1) is 4.90 Å². The number of hydrogen-bond acceptors (Lipinski definition) is 5. The fourth-order valence-electron chi connectivity index (χ4n) is 1.86. The molecule has 112 valence electrons. The Kier molecular flexibility index (Phi) is 3.59. The predicted molar refractivity (Wildman–Crippen MR) is 80.6 cm³/mol. The Hall–Kier alpha value is -2.38. The highest BCUT2D eigenvalue weighted by Gasteiger charge is 2.11. The van der Waals surface area contributed by atoms with E-state index in [4.69, 9.17) is 11.6 Å². The van der Waals surface area contributed by atoms with Crippen molar-refractivity contribution in [3.8, 4) is 0 Å². The van der Waals surface area contributed by atoms with E-state index in [1.165, 1.54) is 36.4 Å². The molecule has 3 aromatic rings. The van der Waals surface area contributed by atoms with Crippen LogP contribution in [0.4, 0.5) is 0 Å². The summed E-state index contributed by atoms with van der Waals surface area (Å²) >= 11 is 5.73. The van der Waals surface area contributed by atoms with Crippen molar-refractivity contribution in [2.75, 3.05) is 0 Å². The number of rotatable bonds is 3. The lowest BCUT2D eigenvalue weighted by Gasteiger charge is -1.99. The first-order chi connectivity index (χ1) is 10.5. The first-order valence-corrected chi connectivity index (χ1v) is 8.06. The number of hydrogen-bond donors (Lipinski definition) is 0. The smallest absolute Gasteiger partial charge is 0.248 e. The lowest BCUT2D eigenvalue weighted by Crippen LogP contribution is -2.22. The topological polar surface area (TPSA) is 87.1 Å².